The Bertz CT molecular complexity index is 2200. The van der Waals surface area contributed by atoms with Gasteiger partial charge in [0, 0.05) is 80.1 Å². The fourth-order valence-corrected chi connectivity index (χ4v) is 6.32. The minimum atomic E-state index is -0.0174. The SMILES string of the molecule is CC(C)(C)c1ccco1.CC(C)(C)c1ccco1.CC(C)(C)c1ccon1.CC(C)(C)c1ncco1.CC(C)(C)c1ncco1.CC(C)(C)c1nccs1.CC(C)(C)c1nnco1.CC(C)(C)n1cccn1.CC(C)C1=NCC=N1. The van der Waals surface area contributed by atoms with Gasteiger partial charge in [-0.15, -0.1) is 21.5 Å². The molecule has 0 aliphatic carbocycles. The molecule has 9 heterocycles. The van der Waals surface area contributed by atoms with E-state index in [1.807, 2.05) is 85.8 Å². The van der Waals surface area contributed by atoms with Crippen LogP contribution in [0, 0.1) is 5.92 Å². The molecule has 0 spiro atoms. The van der Waals surface area contributed by atoms with Crippen molar-refractivity contribution in [2.45, 2.75) is 223 Å². The van der Waals surface area contributed by atoms with Gasteiger partial charge in [-0.25, -0.2) is 19.9 Å². The van der Waals surface area contributed by atoms with Crippen LogP contribution in [0.4, 0.5) is 0 Å². The second-order valence-electron chi connectivity index (χ2n) is 27.1. The van der Waals surface area contributed by atoms with Crippen LogP contribution in [0.15, 0.2) is 147 Å². The average molecular weight is 1130 g/mol. The highest BCUT2D eigenvalue weighted by atomic mass is 32.1. The Hall–Kier alpha value is -6.49. The van der Waals surface area contributed by atoms with Crippen molar-refractivity contribution in [3.8, 4) is 0 Å². The van der Waals surface area contributed by atoms with Crippen molar-refractivity contribution in [2.24, 2.45) is 15.9 Å². The first-order valence-corrected chi connectivity index (χ1v) is 28.1. The molecule has 0 saturated heterocycles. The summed E-state index contributed by atoms with van der Waals surface area (Å²) in [6.45, 7) is 55.5. The normalized spacial score (nSPS) is 12.5. The summed E-state index contributed by atoms with van der Waals surface area (Å²) in [6.07, 6.45) is 20.4. The molecule has 1 aliphatic rings. The van der Waals surface area contributed by atoms with Crippen LogP contribution in [-0.2, 0) is 43.4 Å². The van der Waals surface area contributed by atoms with E-state index in [0.29, 0.717) is 11.8 Å². The molecule has 16 nitrogen and oxygen atoms in total. The minimum Gasteiger partial charge on any atom is -0.469 e. The lowest BCUT2D eigenvalue weighted by Crippen LogP contribution is -2.21. The number of nitrogens with zero attached hydrogens (tertiary/aromatic N) is 10. The van der Waals surface area contributed by atoms with Gasteiger partial charge < -0.3 is 26.6 Å². The van der Waals surface area contributed by atoms with Gasteiger partial charge in [-0.1, -0.05) is 164 Å². The number of furan rings is 2. The number of oxazole rings is 2. The van der Waals surface area contributed by atoms with Crippen LogP contribution in [-0.4, -0.2) is 58.7 Å². The summed E-state index contributed by atoms with van der Waals surface area (Å²) in [5.74, 6) is 5.84. The monoisotopic (exact) mass is 1120 g/mol. The zero-order chi connectivity index (χ0) is 61.2. The minimum absolute atomic E-state index is 0.0174. The molecule has 17 heteroatoms. The summed E-state index contributed by atoms with van der Waals surface area (Å²) in [6, 6.07) is 11.7. The van der Waals surface area contributed by atoms with Crippen LogP contribution < -0.4 is 0 Å². The molecule has 444 valence electrons. The summed E-state index contributed by atoms with van der Waals surface area (Å²) in [5, 5.41) is 18.5. The van der Waals surface area contributed by atoms with Gasteiger partial charge in [0.05, 0.1) is 47.7 Å². The summed E-state index contributed by atoms with van der Waals surface area (Å²) >= 11 is 1.72. The molecule has 0 amide bonds. The molecule has 9 rings (SSSR count). The Labute approximate surface area is 484 Å². The average Bonchev–Trinajstić information content (AvgIpc) is 4.21. The zero-order valence-corrected chi connectivity index (χ0v) is 54.4. The molecule has 0 unspecified atom stereocenters. The molecular weight excluding hydrogens is 1020 g/mol. The fourth-order valence-electron chi connectivity index (χ4n) is 5.60. The van der Waals surface area contributed by atoms with Gasteiger partial charge in [-0.2, -0.15) is 5.10 Å². The van der Waals surface area contributed by atoms with E-state index in [1.54, 1.807) is 61.2 Å². The largest absolute Gasteiger partial charge is 0.469 e. The van der Waals surface area contributed by atoms with Crippen LogP contribution in [0.3, 0.4) is 0 Å². The maximum absolute atomic E-state index is 5.20. The quantitative estimate of drug-likeness (QED) is 0.151. The Kier molecular flexibility index (Phi) is 28.7. The van der Waals surface area contributed by atoms with Gasteiger partial charge in [-0.05, 0) is 51.1 Å². The maximum atomic E-state index is 5.20. The first-order valence-electron chi connectivity index (χ1n) is 27.2. The summed E-state index contributed by atoms with van der Waals surface area (Å²) in [4.78, 5) is 20.4. The Morgan fingerprint density at radius 3 is 1.19 bits per heavy atom. The smallest absolute Gasteiger partial charge is 0.221 e. The van der Waals surface area contributed by atoms with Crippen molar-refractivity contribution < 1.29 is 26.6 Å². The van der Waals surface area contributed by atoms with E-state index >= 15 is 0 Å². The number of hydrogen-bond donors (Lipinski definition) is 0. The van der Waals surface area contributed by atoms with E-state index in [4.69, 9.17) is 26.6 Å². The van der Waals surface area contributed by atoms with E-state index < -0.39 is 0 Å². The van der Waals surface area contributed by atoms with Crippen LogP contribution >= 0.6 is 11.3 Å². The number of amidine groups is 1. The molecule has 0 atom stereocenters. The van der Waals surface area contributed by atoms with Crippen molar-refractivity contribution in [1.29, 1.82) is 0 Å². The van der Waals surface area contributed by atoms with Gasteiger partial charge in [0.15, 0.2) is 11.8 Å². The fraction of sp³-hybridized carbons (Fsp3) is 0.571. The van der Waals surface area contributed by atoms with Gasteiger partial charge in [0.25, 0.3) is 0 Å². The third-order valence-corrected chi connectivity index (χ3v) is 11.4. The molecule has 0 radical (unpaired) electrons. The summed E-state index contributed by atoms with van der Waals surface area (Å²) in [7, 11) is 0. The topological polar surface area (TPSA) is 199 Å². The molecule has 8 aromatic rings. The molecular formula is C63H100N10O6S. The van der Waals surface area contributed by atoms with Crippen molar-refractivity contribution in [2.75, 3.05) is 6.54 Å². The van der Waals surface area contributed by atoms with E-state index in [1.165, 1.54) is 11.4 Å². The van der Waals surface area contributed by atoms with Gasteiger partial charge >= 0.3 is 0 Å². The number of thiazole rings is 1. The van der Waals surface area contributed by atoms with Crippen LogP contribution in [0.25, 0.3) is 0 Å². The molecule has 0 bridgehead atoms. The van der Waals surface area contributed by atoms with Crippen LogP contribution in [0.1, 0.15) is 220 Å². The summed E-state index contributed by atoms with van der Waals surface area (Å²) < 4.78 is 32.2. The predicted molar refractivity (Wildman–Crippen MR) is 327 cm³/mol. The predicted octanol–water partition coefficient (Wildman–Crippen LogP) is 17.6. The molecule has 8 aromatic heterocycles. The van der Waals surface area contributed by atoms with Gasteiger partial charge in [-0.3, -0.25) is 9.67 Å². The zero-order valence-electron chi connectivity index (χ0n) is 53.6. The maximum Gasteiger partial charge on any atom is 0.221 e. The molecule has 1 aliphatic heterocycles. The Morgan fingerprint density at radius 1 is 0.500 bits per heavy atom. The molecule has 0 N–H and O–H groups in total. The van der Waals surface area contributed by atoms with E-state index in [2.05, 4.69) is 205 Å². The lowest BCUT2D eigenvalue weighted by Gasteiger charge is -2.18. The number of aliphatic imine (C=N–C) groups is 2. The van der Waals surface area contributed by atoms with Crippen LogP contribution in [0.2, 0.25) is 0 Å². The third-order valence-electron chi connectivity index (χ3n) is 10.2. The van der Waals surface area contributed by atoms with Gasteiger partial charge in [0.2, 0.25) is 12.3 Å². The summed E-state index contributed by atoms with van der Waals surface area (Å²) in [5.41, 5.74) is 1.86. The second kappa shape index (κ2) is 32.1. The molecule has 80 heavy (non-hydrogen) atoms. The Balaban J connectivity index is 0.000000450. The Morgan fingerprint density at radius 2 is 1.01 bits per heavy atom. The van der Waals surface area contributed by atoms with Crippen LogP contribution in [0.5, 0.6) is 0 Å². The third kappa shape index (κ3) is 30.2. The van der Waals surface area contributed by atoms with E-state index in [9.17, 15) is 0 Å². The van der Waals surface area contributed by atoms with E-state index in [-0.39, 0.29) is 43.4 Å². The second-order valence-corrected chi connectivity index (χ2v) is 28.0. The van der Waals surface area contributed by atoms with E-state index in [0.717, 1.165) is 41.4 Å². The highest BCUT2D eigenvalue weighted by molar-refractivity contribution is 7.09. The van der Waals surface area contributed by atoms with Crippen molar-refractivity contribution in [3.63, 3.8) is 0 Å². The molecule has 0 fully saturated rings. The first kappa shape index (κ1) is 71.5. The van der Waals surface area contributed by atoms with Crippen molar-refractivity contribution in [1.82, 2.24) is 40.1 Å². The molecule has 0 saturated carbocycles. The first-order chi connectivity index (χ1) is 36.6. The standard InChI is InChI=1S/2C8H12O.C7H12N2.3C7H11NO.C7H11NS.C6H10N2O.C6H10N2/c2*1-8(2,3)7-5-4-6-9-7;1-7(2,3)9-6-4-5-8-9;2*1-7(2,3)6-8-4-5-9-6;1-7(2,3)6-4-5-9-8-6;1-7(2,3)6-8-4-5-9-6;1-6(2,3)5-8-7-4-9-5;1-5(2)6-7-3-4-8-6/h3*4-6H,1-3H3;4*4-5H,1-3H3;4H,1-3H3;3,5H,4H2,1-2H3. The molecule has 0 aromatic carbocycles. The van der Waals surface area contributed by atoms with Gasteiger partial charge in [0.1, 0.15) is 36.1 Å². The highest BCUT2D eigenvalue weighted by Crippen LogP contribution is 2.25. The van der Waals surface area contributed by atoms with Crippen molar-refractivity contribution in [3.05, 3.63) is 150 Å². The number of rotatable bonds is 1. The lowest BCUT2D eigenvalue weighted by atomic mass is 9.93. The lowest BCUT2D eigenvalue weighted by molar-refractivity contribution is 0.355. The highest BCUT2D eigenvalue weighted by Gasteiger charge is 2.21. The van der Waals surface area contributed by atoms with Crippen molar-refractivity contribution >= 4 is 23.4 Å². The number of aromatic nitrogens is 8. The number of hydrogen-bond acceptors (Lipinski definition) is 16.